The van der Waals surface area contributed by atoms with Gasteiger partial charge in [0.15, 0.2) is 0 Å². The number of piperidine rings is 1. The van der Waals surface area contributed by atoms with Gasteiger partial charge in [0.05, 0.1) is 6.04 Å². The summed E-state index contributed by atoms with van der Waals surface area (Å²) in [6.07, 6.45) is 2.36. The summed E-state index contributed by atoms with van der Waals surface area (Å²) in [4.78, 5) is 12.1. The van der Waals surface area contributed by atoms with Crippen LogP contribution < -0.4 is 10.6 Å². The van der Waals surface area contributed by atoms with Gasteiger partial charge in [0.2, 0.25) is 5.91 Å². The molecule has 0 aliphatic carbocycles. The van der Waals surface area contributed by atoms with Gasteiger partial charge in [0, 0.05) is 29.1 Å². The first-order valence-electron chi connectivity index (χ1n) is 6.48. The Kier molecular flexibility index (Phi) is 5.50. The minimum absolute atomic E-state index is 0.0324. The third kappa shape index (κ3) is 4.07. The van der Waals surface area contributed by atoms with Gasteiger partial charge in [-0.1, -0.05) is 6.92 Å². The molecule has 17 heavy (non-hydrogen) atoms. The third-order valence-electron chi connectivity index (χ3n) is 3.44. The summed E-state index contributed by atoms with van der Waals surface area (Å²) in [5, 5.41) is 7.06. The molecule has 98 valence electrons. The number of carbonyl (C=O) groups is 1. The molecule has 0 radical (unpaired) electrons. The highest BCUT2D eigenvalue weighted by Gasteiger charge is 2.27. The van der Waals surface area contributed by atoms with E-state index in [1.165, 1.54) is 30.1 Å². The molecule has 0 bridgehead atoms. The van der Waals surface area contributed by atoms with Crippen molar-refractivity contribution in [2.75, 3.05) is 30.3 Å². The monoisotopic (exact) mass is 274 g/mol. The Morgan fingerprint density at radius 1 is 1.47 bits per heavy atom. The molecule has 3 atom stereocenters. The lowest BCUT2D eigenvalue weighted by molar-refractivity contribution is -0.124. The fourth-order valence-electron chi connectivity index (χ4n) is 2.38. The molecule has 2 aliphatic rings. The molecule has 1 amide bonds. The number of carbonyl (C=O) groups excluding carboxylic acids is 1. The van der Waals surface area contributed by atoms with Crippen LogP contribution in [0.15, 0.2) is 0 Å². The molecule has 2 saturated heterocycles. The lowest BCUT2D eigenvalue weighted by Crippen LogP contribution is -2.52. The SMILES string of the molecule is CC1CCCNC1C(=O)NCC1CSCCS1. The molecule has 2 rings (SSSR count). The Balaban J connectivity index is 1.72. The van der Waals surface area contributed by atoms with Crippen LogP contribution in [0.4, 0.5) is 0 Å². The van der Waals surface area contributed by atoms with Crippen molar-refractivity contribution in [3.8, 4) is 0 Å². The van der Waals surface area contributed by atoms with E-state index in [0.717, 1.165) is 13.1 Å². The van der Waals surface area contributed by atoms with Crippen molar-refractivity contribution in [2.24, 2.45) is 5.92 Å². The molecule has 2 heterocycles. The lowest BCUT2D eigenvalue weighted by atomic mass is 9.92. The van der Waals surface area contributed by atoms with E-state index in [9.17, 15) is 4.79 Å². The second-order valence-corrected chi connectivity index (χ2v) is 7.42. The maximum Gasteiger partial charge on any atom is 0.237 e. The first-order chi connectivity index (χ1) is 8.27. The van der Waals surface area contributed by atoms with E-state index >= 15 is 0 Å². The summed E-state index contributed by atoms with van der Waals surface area (Å²) >= 11 is 4.00. The molecular formula is C12H22N2OS2. The Morgan fingerprint density at radius 2 is 2.35 bits per heavy atom. The van der Waals surface area contributed by atoms with Crippen LogP contribution in [0.2, 0.25) is 0 Å². The molecule has 0 saturated carbocycles. The molecule has 0 aromatic heterocycles. The van der Waals surface area contributed by atoms with Crippen molar-refractivity contribution < 1.29 is 4.79 Å². The van der Waals surface area contributed by atoms with Crippen molar-refractivity contribution in [3.63, 3.8) is 0 Å². The number of nitrogens with one attached hydrogen (secondary N) is 2. The topological polar surface area (TPSA) is 41.1 Å². The van der Waals surface area contributed by atoms with Crippen molar-refractivity contribution in [1.29, 1.82) is 0 Å². The van der Waals surface area contributed by atoms with E-state index in [1.807, 2.05) is 23.5 Å². The normalized spacial score (nSPS) is 34.3. The van der Waals surface area contributed by atoms with Crippen LogP contribution in [-0.4, -0.2) is 47.5 Å². The highest BCUT2D eigenvalue weighted by molar-refractivity contribution is 8.06. The average Bonchev–Trinajstić information content (AvgIpc) is 2.38. The fourth-order valence-corrected chi connectivity index (χ4v) is 4.99. The molecule has 0 spiro atoms. The zero-order chi connectivity index (χ0) is 12.1. The van der Waals surface area contributed by atoms with Crippen molar-refractivity contribution in [3.05, 3.63) is 0 Å². The van der Waals surface area contributed by atoms with Gasteiger partial charge in [-0.25, -0.2) is 0 Å². The molecule has 2 N–H and O–H groups in total. The number of thioether (sulfide) groups is 2. The van der Waals surface area contributed by atoms with Crippen LogP contribution in [0.25, 0.3) is 0 Å². The number of rotatable bonds is 3. The smallest absolute Gasteiger partial charge is 0.237 e. The highest BCUT2D eigenvalue weighted by Crippen LogP contribution is 2.23. The fraction of sp³-hybridized carbons (Fsp3) is 0.917. The van der Waals surface area contributed by atoms with Gasteiger partial charge in [0.25, 0.3) is 0 Å². The van der Waals surface area contributed by atoms with Gasteiger partial charge in [0.1, 0.15) is 0 Å². The summed E-state index contributed by atoms with van der Waals surface area (Å²) in [7, 11) is 0. The Labute approximate surface area is 112 Å². The van der Waals surface area contributed by atoms with Gasteiger partial charge in [-0.3, -0.25) is 4.79 Å². The average molecular weight is 274 g/mol. The van der Waals surface area contributed by atoms with Crippen LogP contribution in [-0.2, 0) is 4.79 Å². The van der Waals surface area contributed by atoms with E-state index < -0.39 is 0 Å². The van der Waals surface area contributed by atoms with Gasteiger partial charge < -0.3 is 10.6 Å². The molecule has 5 heteroatoms. The van der Waals surface area contributed by atoms with E-state index in [-0.39, 0.29) is 11.9 Å². The zero-order valence-electron chi connectivity index (χ0n) is 10.4. The minimum Gasteiger partial charge on any atom is -0.354 e. The predicted octanol–water partition coefficient (Wildman–Crippen LogP) is 1.34. The first kappa shape index (κ1) is 13.6. The Morgan fingerprint density at radius 3 is 3.06 bits per heavy atom. The zero-order valence-corrected chi connectivity index (χ0v) is 12.0. The maximum absolute atomic E-state index is 12.1. The first-order valence-corrected chi connectivity index (χ1v) is 8.68. The van der Waals surface area contributed by atoms with E-state index in [4.69, 9.17) is 0 Å². The second-order valence-electron chi connectivity index (χ2n) is 4.86. The van der Waals surface area contributed by atoms with Crippen LogP contribution >= 0.6 is 23.5 Å². The third-order valence-corrected chi connectivity index (χ3v) is 6.29. The molecule has 3 unspecified atom stereocenters. The second kappa shape index (κ2) is 6.90. The largest absolute Gasteiger partial charge is 0.354 e. The van der Waals surface area contributed by atoms with Gasteiger partial charge in [-0.2, -0.15) is 23.5 Å². The van der Waals surface area contributed by atoms with Crippen molar-refractivity contribution in [2.45, 2.75) is 31.1 Å². The molecular weight excluding hydrogens is 252 g/mol. The molecule has 2 fully saturated rings. The molecule has 0 aromatic carbocycles. The summed E-state index contributed by atoms with van der Waals surface area (Å²) in [5.74, 6) is 4.34. The van der Waals surface area contributed by atoms with Crippen LogP contribution in [0.5, 0.6) is 0 Å². The van der Waals surface area contributed by atoms with Crippen LogP contribution in [0.3, 0.4) is 0 Å². The Hall–Kier alpha value is 0.130. The van der Waals surface area contributed by atoms with Crippen LogP contribution in [0, 0.1) is 5.92 Å². The van der Waals surface area contributed by atoms with Crippen molar-refractivity contribution in [1.82, 2.24) is 10.6 Å². The summed E-state index contributed by atoms with van der Waals surface area (Å²) in [5.41, 5.74) is 0. The number of hydrogen-bond donors (Lipinski definition) is 2. The van der Waals surface area contributed by atoms with E-state index in [0.29, 0.717) is 11.2 Å². The highest BCUT2D eigenvalue weighted by atomic mass is 32.2. The molecule has 3 nitrogen and oxygen atoms in total. The van der Waals surface area contributed by atoms with Gasteiger partial charge in [-0.15, -0.1) is 0 Å². The standard InChI is InChI=1S/C12H22N2OS2/c1-9-3-2-4-13-11(9)12(15)14-7-10-8-16-5-6-17-10/h9-11,13H,2-8H2,1H3,(H,14,15). The lowest BCUT2D eigenvalue weighted by Gasteiger charge is -2.30. The number of amides is 1. The summed E-state index contributed by atoms with van der Waals surface area (Å²) in [6.45, 7) is 3.99. The Bertz CT molecular complexity index is 257. The van der Waals surface area contributed by atoms with E-state index in [2.05, 4.69) is 17.6 Å². The van der Waals surface area contributed by atoms with Crippen molar-refractivity contribution >= 4 is 29.4 Å². The van der Waals surface area contributed by atoms with Crippen LogP contribution in [0.1, 0.15) is 19.8 Å². The number of hydrogen-bond acceptors (Lipinski definition) is 4. The van der Waals surface area contributed by atoms with E-state index in [1.54, 1.807) is 0 Å². The summed E-state index contributed by atoms with van der Waals surface area (Å²) in [6, 6.07) is 0.0324. The predicted molar refractivity (Wildman–Crippen MR) is 76.8 cm³/mol. The minimum atomic E-state index is 0.0324. The molecule has 0 aromatic rings. The maximum atomic E-state index is 12.1. The summed E-state index contributed by atoms with van der Waals surface area (Å²) < 4.78 is 0. The quantitative estimate of drug-likeness (QED) is 0.815. The van der Waals surface area contributed by atoms with Gasteiger partial charge in [-0.05, 0) is 25.3 Å². The van der Waals surface area contributed by atoms with Gasteiger partial charge >= 0.3 is 0 Å². The molecule has 2 aliphatic heterocycles.